The van der Waals surface area contributed by atoms with Crippen LogP contribution in [0.4, 0.5) is 10.2 Å². The molecule has 0 aliphatic carbocycles. The maximum Gasteiger partial charge on any atom is 0.244 e. The van der Waals surface area contributed by atoms with Gasteiger partial charge in [0.15, 0.2) is 0 Å². The molecule has 1 amide bonds. The lowest BCUT2D eigenvalue weighted by Crippen LogP contribution is -2.45. The largest absolute Gasteiger partial charge is 0.366 e. The zero-order valence-corrected chi connectivity index (χ0v) is 22.6. The highest BCUT2D eigenvalue weighted by Gasteiger charge is 2.36. The van der Waals surface area contributed by atoms with Crippen LogP contribution in [0.5, 0.6) is 0 Å². The lowest BCUT2D eigenvalue weighted by molar-refractivity contribution is -0.123. The number of pyridine rings is 2. The molecule has 204 valence electrons. The Labute approximate surface area is 232 Å². The van der Waals surface area contributed by atoms with E-state index in [0.717, 1.165) is 44.4 Å². The lowest BCUT2D eigenvalue weighted by Gasteiger charge is -2.23. The van der Waals surface area contributed by atoms with Crippen molar-refractivity contribution < 1.29 is 17.6 Å². The van der Waals surface area contributed by atoms with Crippen LogP contribution in [0, 0.1) is 12.7 Å². The first-order chi connectivity index (χ1) is 19.3. The number of hydrogen-bond acceptors (Lipinski definition) is 6. The highest BCUT2D eigenvalue weighted by atomic mass is 32.2. The van der Waals surface area contributed by atoms with Gasteiger partial charge in [0.05, 0.1) is 10.6 Å². The Morgan fingerprint density at radius 3 is 2.42 bits per heavy atom. The minimum absolute atomic E-state index is 0.0493. The van der Waals surface area contributed by atoms with Gasteiger partial charge in [-0.3, -0.25) is 9.78 Å². The number of anilines is 1. The van der Waals surface area contributed by atoms with Gasteiger partial charge in [0, 0.05) is 37.6 Å². The van der Waals surface area contributed by atoms with E-state index in [9.17, 15) is 17.6 Å². The van der Waals surface area contributed by atoms with Crippen molar-refractivity contribution in [3.63, 3.8) is 0 Å². The average Bonchev–Trinajstić information content (AvgIpc) is 3.47. The quantitative estimate of drug-likeness (QED) is 0.295. The Bertz CT molecular complexity index is 1630. The molecule has 0 spiro atoms. The molecule has 0 unspecified atom stereocenters. The fourth-order valence-electron chi connectivity index (χ4n) is 4.35. The van der Waals surface area contributed by atoms with E-state index in [1.54, 1.807) is 24.5 Å². The normalized spacial score (nSPS) is 15.2. The van der Waals surface area contributed by atoms with Gasteiger partial charge in [-0.15, -0.1) is 0 Å². The van der Waals surface area contributed by atoms with E-state index in [4.69, 9.17) is 4.98 Å². The summed E-state index contributed by atoms with van der Waals surface area (Å²) in [6, 6.07) is 19.1. The van der Waals surface area contributed by atoms with Crippen LogP contribution in [0.2, 0.25) is 0 Å². The summed E-state index contributed by atoms with van der Waals surface area (Å²) in [4.78, 5) is 21.9. The van der Waals surface area contributed by atoms with E-state index in [1.807, 2.05) is 55.5 Å². The predicted molar refractivity (Wildman–Crippen MR) is 151 cm³/mol. The number of nitrogens with one attached hydrogen (secondary N) is 2. The second-order valence-corrected chi connectivity index (χ2v) is 11.3. The average molecular weight is 558 g/mol. The van der Waals surface area contributed by atoms with Gasteiger partial charge >= 0.3 is 0 Å². The number of halogens is 1. The summed E-state index contributed by atoms with van der Waals surface area (Å²) in [6.45, 7) is 2.77. The molecule has 2 N–H and O–H groups in total. The first-order valence-electron chi connectivity index (χ1n) is 12.7. The molecular formula is C30H28FN5O3S. The van der Waals surface area contributed by atoms with Gasteiger partial charge in [-0.25, -0.2) is 17.8 Å². The summed E-state index contributed by atoms with van der Waals surface area (Å²) in [6.07, 6.45) is 6.65. The zero-order chi connectivity index (χ0) is 28.1. The van der Waals surface area contributed by atoms with E-state index in [1.165, 1.54) is 12.1 Å². The van der Waals surface area contributed by atoms with Crippen molar-refractivity contribution >= 4 is 21.7 Å². The fourth-order valence-corrected chi connectivity index (χ4v) is 5.85. The van der Waals surface area contributed by atoms with Crippen molar-refractivity contribution in [2.45, 2.75) is 31.0 Å². The van der Waals surface area contributed by atoms with Crippen LogP contribution < -0.4 is 10.6 Å². The second kappa shape index (κ2) is 11.8. The molecule has 0 saturated carbocycles. The van der Waals surface area contributed by atoms with Gasteiger partial charge in [-0.2, -0.15) is 4.31 Å². The standard InChI is InChI=1S/C30H28FN5O3S/c1-21-4-6-24(7-5-21)27-17-23(18-29(35-27)33-19-22-12-14-32-15-13-22)20-34-30(37)28-3-2-16-36(28)40(38,39)26-10-8-25(31)9-11-26/h2-15,17-18,28H,16,19-20H2,1H3,(H,33,35)(H,34,37)/t28-/m0/s1. The molecular weight excluding hydrogens is 529 g/mol. The molecule has 4 aromatic rings. The summed E-state index contributed by atoms with van der Waals surface area (Å²) >= 11 is 0. The summed E-state index contributed by atoms with van der Waals surface area (Å²) in [7, 11) is -4.00. The van der Waals surface area contributed by atoms with Crippen molar-refractivity contribution in [2.75, 3.05) is 11.9 Å². The SMILES string of the molecule is Cc1ccc(-c2cc(CNC(=O)[C@@H]3C=CCN3S(=O)(=O)c3ccc(F)cc3)cc(NCc3ccncc3)n2)cc1. The molecule has 0 bridgehead atoms. The molecule has 2 aromatic carbocycles. The van der Waals surface area contributed by atoms with Crippen molar-refractivity contribution in [1.29, 1.82) is 0 Å². The molecule has 0 fully saturated rings. The Morgan fingerprint density at radius 2 is 1.70 bits per heavy atom. The number of rotatable bonds is 9. The van der Waals surface area contributed by atoms with Crippen LogP contribution in [0.15, 0.2) is 102 Å². The Kier molecular flexibility index (Phi) is 7.99. The molecule has 40 heavy (non-hydrogen) atoms. The van der Waals surface area contributed by atoms with E-state index < -0.39 is 27.8 Å². The summed E-state index contributed by atoms with van der Waals surface area (Å²) in [5.74, 6) is -0.357. The predicted octanol–water partition coefficient (Wildman–Crippen LogP) is 4.45. The molecule has 3 heterocycles. The molecule has 0 saturated heterocycles. The fraction of sp³-hybridized carbons (Fsp3) is 0.167. The number of amides is 1. The summed E-state index contributed by atoms with van der Waals surface area (Å²) in [5, 5.41) is 6.21. The molecule has 1 atom stereocenters. The Balaban J connectivity index is 1.34. The number of carbonyl (C=O) groups excluding carboxylic acids is 1. The third-order valence-electron chi connectivity index (χ3n) is 6.53. The first-order valence-corrected chi connectivity index (χ1v) is 14.2. The van der Waals surface area contributed by atoms with Crippen molar-refractivity contribution in [1.82, 2.24) is 19.6 Å². The van der Waals surface area contributed by atoms with Gasteiger partial charge < -0.3 is 10.6 Å². The van der Waals surface area contributed by atoms with Gasteiger partial charge in [0.1, 0.15) is 17.7 Å². The van der Waals surface area contributed by atoms with Gasteiger partial charge in [0.25, 0.3) is 0 Å². The van der Waals surface area contributed by atoms with E-state index in [0.29, 0.717) is 12.4 Å². The van der Waals surface area contributed by atoms with Crippen LogP contribution >= 0.6 is 0 Å². The molecule has 8 nitrogen and oxygen atoms in total. The summed E-state index contributed by atoms with van der Waals surface area (Å²) in [5.41, 5.74) is 4.65. The van der Waals surface area contributed by atoms with Gasteiger partial charge in [-0.05, 0) is 66.6 Å². The monoisotopic (exact) mass is 557 g/mol. The highest BCUT2D eigenvalue weighted by Crippen LogP contribution is 2.24. The molecule has 1 aliphatic heterocycles. The van der Waals surface area contributed by atoms with Crippen LogP contribution in [0.1, 0.15) is 16.7 Å². The minimum atomic E-state index is -4.00. The number of hydrogen-bond donors (Lipinski definition) is 2. The summed E-state index contributed by atoms with van der Waals surface area (Å²) < 4.78 is 40.8. The van der Waals surface area contributed by atoms with Crippen molar-refractivity contribution in [3.05, 3.63) is 120 Å². The third-order valence-corrected chi connectivity index (χ3v) is 8.39. The molecule has 1 aliphatic rings. The van der Waals surface area contributed by atoms with E-state index >= 15 is 0 Å². The second-order valence-electron chi connectivity index (χ2n) is 9.44. The molecule has 5 rings (SSSR count). The smallest absolute Gasteiger partial charge is 0.244 e. The highest BCUT2D eigenvalue weighted by molar-refractivity contribution is 7.89. The van der Waals surface area contributed by atoms with Crippen molar-refractivity contribution in [2.24, 2.45) is 0 Å². The maximum atomic E-state index is 13.3. The molecule has 2 aromatic heterocycles. The van der Waals surface area contributed by atoms with Gasteiger partial charge in [-0.1, -0.05) is 42.0 Å². The van der Waals surface area contributed by atoms with Gasteiger partial charge in [0.2, 0.25) is 15.9 Å². The van der Waals surface area contributed by atoms with E-state index in [2.05, 4.69) is 15.6 Å². The number of aryl methyl sites for hydroxylation is 1. The number of sulfonamides is 1. The topological polar surface area (TPSA) is 104 Å². The first kappa shape index (κ1) is 27.2. The minimum Gasteiger partial charge on any atom is -0.366 e. The van der Waals surface area contributed by atoms with Crippen LogP contribution in [-0.4, -0.2) is 41.2 Å². The van der Waals surface area contributed by atoms with Crippen LogP contribution in [-0.2, 0) is 27.9 Å². The van der Waals surface area contributed by atoms with E-state index in [-0.39, 0.29) is 18.0 Å². The molecule has 10 heteroatoms. The number of carbonyl (C=O) groups is 1. The number of nitrogens with zero attached hydrogens (tertiary/aromatic N) is 3. The maximum absolute atomic E-state index is 13.3. The number of aromatic nitrogens is 2. The molecule has 0 radical (unpaired) electrons. The van der Waals surface area contributed by atoms with Crippen LogP contribution in [0.3, 0.4) is 0 Å². The third kappa shape index (κ3) is 6.24. The Hall–Kier alpha value is -4.41. The Morgan fingerprint density at radius 1 is 0.975 bits per heavy atom. The number of benzene rings is 2. The zero-order valence-electron chi connectivity index (χ0n) is 21.8. The van der Waals surface area contributed by atoms with Crippen molar-refractivity contribution in [3.8, 4) is 11.3 Å². The van der Waals surface area contributed by atoms with Crippen LogP contribution in [0.25, 0.3) is 11.3 Å². The lowest BCUT2D eigenvalue weighted by atomic mass is 10.1.